The highest BCUT2D eigenvalue weighted by molar-refractivity contribution is 7.80. The van der Waals surface area contributed by atoms with E-state index in [0.29, 0.717) is 17.2 Å². The first-order valence-corrected chi connectivity index (χ1v) is 6.80. The molecule has 0 heterocycles. The van der Waals surface area contributed by atoms with Gasteiger partial charge in [-0.1, -0.05) is 12.2 Å². The highest BCUT2D eigenvalue weighted by Gasteiger charge is 2.27. The van der Waals surface area contributed by atoms with E-state index in [4.69, 9.17) is 22.7 Å². The summed E-state index contributed by atoms with van der Waals surface area (Å²) in [6.45, 7) is 2.79. The predicted octanol–water partition coefficient (Wildman–Crippen LogP) is 3.29. The van der Waals surface area contributed by atoms with Crippen LogP contribution in [0.15, 0.2) is 12.1 Å². The summed E-state index contributed by atoms with van der Waals surface area (Å²) in [6.07, 6.45) is -3.91. The summed E-state index contributed by atoms with van der Waals surface area (Å²) in [6, 6.07) is 3.65. The minimum absolute atomic E-state index is 0.00255. The highest BCUT2D eigenvalue weighted by Crippen LogP contribution is 2.25. The third-order valence-electron chi connectivity index (χ3n) is 2.69. The number of rotatable bonds is 7. The molecule has 21 heavy (non-hydrogen) atoms. The molecule has 0 aliphatic heterocycles. The Labute approximate surface area is 127 Å². The smallest absolute Gasteiger partial charge is 0.411 e. The number of thiocarbonyl (C=S) groups is 1. The Bertz CT molecular complexity index is 480. The molecule has 1 aromatic rings. The normalized spacial score (nSPS) is 11.5. The van der Waals surface area contributed by atoms with E-state index in [1.165, 1.54) is 0 Å². The zero-order valence-corrected chi connectivity index (χ0v) is 12.7. The number of nitrogens with two attached hydrogens (primary N) is 1. The SMILES string of the molecule is Cc1cc(C(N)=S)cc(C)c1OCCCOCC(F)(F)F. The lowest BCUT2D eigenvalue weighted by Crippen LogP contribution is -2.18. The number of benzene rings is 1. The molecule has 3 nitrogen and oxygen atoms in total. The highest BCUT2D eigenvalue weighted by atomic mass is 32.1. The van der Waals surface area contributed by atoms with Gasteiger partial charge in [-0.3, -0.25) is 0 Å². The lowest BCUT2D eigenvalue weighted by molar-refractivity contribution is -0.174. The van der Waals surface area contributed by atoms with Gasteiger partial charge in [0.1, 0.15) is 17.3 Å². The van der Waals surface area contributed by atoms with Crippen LogP contribution in [0, 0.1) is 13.8 Å². The maximum Gasteiger partial charge on any atom is 0.411 e. The lowest BCUT2D eigenvalue weighted by atomic mass is 10.1. The van der Waals surface area contributed by atoms with Crippen molar-refractivity contribution in [3.8, 4) is 5.75 Å². The molecular formula is C14H18F3NO2S. The van der Waals surface area contributed by atoms with Gasteiger partial charge in [0.05, 0.1) is 13.2 Å². The number of alkyl halides is 3. The third-order valence-corrected chi connectivity index (χ3v) is 2.93. The van der Waals surface area contributed by atoms with Gasteiger partial charge in [-0.25, -0.2) is 0 Å². The summed E-state index contributed by atoms with van der Waals surface area (Å²) in [7, 11) is 0. The Morgan fingerprint density at radius 3 is 2.24 bits per heavy atom. The van der Waals surface area contributed by atoms with Crippen LogP contribution in [0.25, 0.3) is 0 Å². The first-order valence-electron chi connectivity index (χ1n) is 6.39. The molecule has 0 spiro atoms. The van der Waals surface area contributed by atoms with E-state index in [0.717, 1.165) is 16.7 Å². The van der Waals surface area contributed by atoms with Crippen LogP contribution < -0.4 is 10.5 Å². The van der Waals surface area contributed by atoms with Gasteiger partial charge < -0.3 is 15.2 Å². The quantitative estimate of drug-likeness (QED) is 0.618. The van der Waals surface area contributed by atoms with Gasteiger partial charge in [0.25, 0.3) is 0 Å². The van der Waals surface area contributed by atoms with Crippen molar-refractivity contribution in [1.82, 2.24) is 0 Å². The van der Waals surface area contributed by atoms with Crippen LogP contribution in [0.3, 0.4) is 0 Å². The second-order valence-electron chi connectivity index (χ2n) is 4.67. The van der Waals surface area contributed by atoms with Crippen LogP contribution in [0.1, 0.15) is 23.1 Å². The number of aryl methyl sites for hydroxylation is 2. The zero-order valence-electron chi connectivity index (χ0n) is 11.9. The topological polar surface area (TPSA) is 44.5 Å². The average molecular weight is 321 g/mol. The molecule has 0 unspecified atom stereocenters. The first kappa shape index (κ1) is 17.7. The number of hydrogen-bond donors (Lipinski definition) is 1. The van der Waals surface area contributed by atoms with Crippen LogP contribution >= 0.6 is 12.2 Å². The van der Waals surface area contributed by atoms with Gasteiger partial charge in [-0.05, 0) is 37.1 Å². The maximum absolute atomic E-state index is 11.9. The summed E-state index contributed by atoms with van der Waals surface area (Å²) in [5.41, 5.74) is 8.11. The summed E-state index contributed by atoms with van der Waals surface area (Å²) < 4.78 is 45.7. The minimum Gasteiger partial charge on any atom is -0.493 e. The molecule has 0 saturated heterocycles. The summed E-state index contributed by atoms with van der Waals surface area (Å²) in [5, 5.41) is 0. The van der Waals surface area contributed by atoms with Gasteiger partial charge in [0.2, 0.25) is 0 Å². The molecule has 1 rings (SSSR count). The van der Waals surface area contributed by atoms with Gasteiger partial charge in [-0.15, -0.1) is 0 Å². The van der Waals surface area contributed by atoms with Gasteiger partial charge in [0.15, 0.2) is 0 Å². The Hall–Kier alpha value is -1.34. The van der Waals surface area contributed by atoms with Crippen molar-refractivity contribution >= 4 is 17.2 Å². The fraction of sp³-hybridized carbons (Fsp3) is 0.500. The van der Waals surface area contributed by atoms with E-state index in [2.05, 4.69) is 4.74 Å². The molecule has 0 atom stereocenters. The van der Waals surface area contributed by atoms with Crippen molar-refractivity contribution in [2.45, 2.75) is 26.4 Å². The fourth-order valence-corrected chi connectivity index (χ4v) is 1.96. The molecule has 0 aromatic heterocycles. The summed E-state index contributed by atoms with van der Waals surface area (Å²) in [4.78, 5) is 0.313. The van der Waals surface area contributed by atoms with Crippen molar-refractivity contribution < 1.29 is 22.6 Å². The maximum atomic E-state index is 11.9. The van der Waals surface area contributed by atoms with E-state index in [1.54, 1.807) is 0 Å². The van der Waals surface area contributed by atoms with Crippen LogP contribution in [0.2, 0.25) is 0 Å². The average Bonchev–Trinajstić information content (AvgIpc) is 2.34. The van der Waals surface area contributed by atoms with Crippen LogP contribution in [0.4, 0.5) is 13.2 Å². The van der Waals surface area contributed by atoms with Crippen LogP contribution in [-0.4, -0.2) is 31.0 Å². The molecule has 0 aliphatic rings. The van der Waals surface area contributed by atoms with Gasteiger partial charge >= 0.3 is 6.18 Å². The molecule has 1 aromatic carbocycles. The Kier molecular flexibility index (Phi) is 6.42. The monoisotopic (exact) mass is 321 g/mol. The molecule has 0 fully saturated rings. The second-order valence-corrected chi connectivity index (χ2v) is 5.11. The van der Waals surface area contributed by atoms with E-state index in [9.17, 15) is 13.2 Å². The number of halogens is 3. The second kappa shape index (κ2) is 7.61. The van der Waals surface area contributed by atoms with E-state index >= 15 is 0 Å². The molecule has 7 heteroatoms. The third kappa shape index (κ3) is 6.31. The lowest BCUT2D eigenvalue weighted by Gasteiger charge is -2.14. The Morgan fingerprint density at radius 2 is 1.76 bits per heavy atom. The molecule has 0 radical (unpaired) electrons. The number of ether oxygens (including phenoxy) is 2. The molecule has 0 bridgehead atoms. The van der Waals surface area contributed by atoms with Gasteiger partial charge in [0, 0.05) is 12.0 Å². The van der Waals surface area contributed by atoms with E-state index < -0.39 is 12.8 Å². The predicted molar refractivity (Wildman–Crippen MR) is 78.8 cm³/mol. The van der Waals surface area contributed by atoms with Crippen LogP contribution in [-0.2, 0) is 4.74 Å². The number of hydrogen-bond acceptors (Lipinski definition) is 3. The molecular weight excluding hydrogens is 303 g/mol. The molecule has 0 aliphatic carbocycles. The van der Waals surface area contributed by atoms with Crippen molar-refractivity contribution in [2.75, 3.05) is 19.8 Å². The van der Waals surface area contributed by atoms with Crippen molar-refractivity contribution in [1.29, 1.82) is 0 Å². The Morgan fingerprint density at radius 1 is 1.19 bits per heavy atom. The molecule has 2 N–H and O–H groups in total. The van der Waals surface area contributed by atoms with Gasteiger partial charge in [-0.2, -0.15) is 13.2 Å². The summed E-state index contributed by atoms with van der Waals surface area (Å²) in [5.74, 6) is 0.700. The van der Waals surface area contributed by atoms with Crippen molar-refractivity contribution in [2.24, 2.45) is 5.73 Å². The summed E-state index contributed by atoms with van der Waals surface area (Å²) >= 11 is 4.92. The zero-order chi connectivity index (χ0) is 16.0. The van der Waals surface area contributed by atoms with Crippen molar-refractivity contribution in [3.05, 3.63) is 28.8 Å². The molecule has 118 valence electrons. The van der Waals surface area contributed by atoms with E-state index in [-0.39, 0.29) is 13.2 Å². The molecule has 0 amide bonds. The largest absolute Gasteiger partial charge is 0.493 e. The fourth-order valence-electron chi connectivity index (χ4n) is 1.84. The Balaban J connectivity index is 2.44. The molecule has 0 saturated carbocycles. The van der Waals surface area contributed by atoms with Crippen LogP contribution in [0.5, 0.6) is 5.75 Å². The van der Waals surface area contributed by atoms with E-state index in [1.807, 2.05) is 26.0 Å². The minimum atomic E-state index is -4.29. The van der Waals surface area contributed by atoms with Crippen molar-refractivity contribution in [3.63, 3.8) is 0 Å². The first-order chi connectivity index (χ1) is 9.70. The standard InChI is InChI=1S/C14H18F3NO2S/c1-9-6-11(13(18)21)7-10(2)12(9)20-5-3-4-19-8-14(15,16)17/h6-7H,3-5,8H2,1-2H3,(H2,18,21).